The third kappa shape index (κ3) is 2.82. The summed E-state index contributed by atoms with van der Waals surface area (Å²) in [5.74, 6) is -2.41. The first-order chi connectivity index (χ1) is 11.8. The highest BCUT2D eigenvalue weighted by Crippen LogP contribution is 2.15. The average Bonchev–Trinajstić information content (AvgIpc) is 2.95. The third-order valence-electron chi connectivity index (χ3n) is 3.71. The summed E-state index contributed by atoms with van der Waals surface area (Å²) in [6.45, 7) is -0.650. The minimum atomic E-state index is -0.842. The van der Waals surface area contributed by atoms with Gasteiger partial charge in [0.25, 0.3) is 5.56 Å². The van der Waals surface area contributed by atoms with E-state index < -0.39 is 35.3 Å². The van der Waals surface area contributed by atoms with Crippen molar-refractivity contribution >= 4 is 22.8 Å². The standard InChI is InChI=1S/C15H13F2N5O3/c1-20-7-18-13-12(20)14(24)22(15(25)21(13)2)6-11(23)19-10-5-8(16)3-4-9(10)17/h3-5,7H,6H2,1-2H3,(H,19,23). The third-order valence-corrected chi connectivity index (χ3v) is 3.71. The summed E-state index contributed by atoms with van der Waals surface area (Å²) >= 11 is 0. The number of halogens is 2. The fourth-order valence-corrected chi connectivity index (χ4v) is 2.46. The molecule has 0 saturated carbocycles. The lowest BCUT2D eigenvalue weighted by molar-refractivity contribution is -0.116. The lowest BCUT2D eigenvalue weighted by atomic mass is 10.3. The largest absolute Gasteiger partial charge is 0.332 e. The molecule has 130 valence electrons. The molecule has 0 fully saturated rings. The second kappa shape index (κ2) is 5.96. The van der Waals surface area contributed by atoms with Crippen LogP contribution in [-0.2, 0) is 25.4 Å². The molecule has 0 atom stereocenters. The zero-order valence-corrected chi connectivity index (χ0v) is 13.3. The Balaban J connectivity index is 1.99. The van der Waals surface area contributed by atoms with Crippen molar-refractivity contribution in [2.24, 2.45) is 14.1 Å². The second-order valence-corrected chi connectivity index (χ2v) is 5.43. The minimum absolute atomic E-state index is 0.145. The highest BCUT2D eigenvalue weighted by molar-refractivity contribution is 5.90. The van der Waals surface area contributed by atoms with Gasteiger partial charge in [-0.15, -0.1) is 0 Å². The number of rotatable bonds is 3. The van der Waals surface area contributed by atoms with E-state index in [9.17, 15) is 23.2 Å². The van der Waals surface area contributed by atoms with E-state index in [-0.39, 0.29) is 16.9 Å². The zero-order chi connectivity index (χ0) is 18.3. The molecule has 1 N–H and O–H groups in total. The monoisotopic (exact) mass is 349 g/mol. The Hall–Kier alpha value is -3.30. The SMILES string of the molecule is Cn1cnc2c1c(=O)n(CC(=O)Nc1cc(F)ccc1F)c(=O)n2C. The number of anilines is 1. The van der Waals surface area contributed by atoms with E-state index in [1.807, 2.05) is 0 Å². The van der Waals surface area contributed by atoms with Gasteiger partial charge < -0.3 is 9.88 Å². The van der Waals surface area contributed by atoms with Gasteiger partial charge in [0.1, 0.15) is 18.2 Å². The molecule has 0 aliphatic rings. The van der Waals surface area contributed by atoms with Gasteiger partial charge in [0.05, 0.1) is 12.0 Å². The molecule has 0 saturated heterocycles. The first-order valence-electron chi connectivity index (χ1n) is 7.15. The van der Waals surface area contributed by atoms with Crippen molar-refractivity contribution in [3.8, 4) is 0 Å². The molecular formula is C15H13F2N5O3. The van der Waals surface area contributed by atoms with Crippen molar-refractivity contribution in [3.05, 3.63) is 57.0 Å². The molecule has 1 amide bonds. The van der Waals surface area contributed by atoms with Crippen LogP contribution >= 0.6 is 0 Å². The fourth-order valence-electron chi connectivity index (χ4n) is 2.46. The van der Waals surface area contributed by atoms with Gasteiger partial charge >= 0.3 is 5.69 Å². The van der Waals surface area contributed by atoms with Gasteiger partial charge in [-0.05, 0) is 12.1 Å². The molecule has 0 aliphatic heterocycles. The molecular weight excluding hydrogens is 336 g/mol. The van der Waals surface area contributed by atoms with Crippen molar-refractivity contribution in [2.45, 2.75) is 6.54 Å². The Bertz CT molecular complexity index is 1110. The molecule has 2 aromatic heterocycles. The van der Waals surface area contributed by atoms with Crippen molar-refractivity contribution in [1.29, 1.82) is 0 Å². The Morgan fingerprint density at radius 1 is 1.24 bits per heavy atom. The van der Waals surface area contributed by atoms with Crippen LogP contribution in [0.3, 0.4) is 0 Å². The molecule has 25 heavy (non-hydrogen) atoms. The fraction of sp³-hybridized carbons (Fsp3) is 0.200. The van der Waals surface area contributed by atoms with Crippen molar-refractivity contribution in [3.63, 3.8) is 0 Å². The van der Waals surface area contributed by atoms with Crippen LogP contribution < -0.4 is 16.6 Å². The summed E-state index contributed by atoms with van der Waals surface area (Å²) in [5.41, 5.74) is -1.49. The summed E-state index contributed by atoms with van der Waals surface area (Å²) in [7, 11) is 2.99. The van der Waals surface area contributed by atoms with Crippen LogP contribution in [0.2, 0.25) is 0 Å². The average molecular weight is 349 g/mol. The summed E-state index contributed by atoms with van der Waals surface area (Å²) in [4.78, 5) is 40.8. The summed E-state index contributed by atoms with van der Waals surface area (Å²) in [5, 5.41) is 2.15. The molecule has 8 nitrogen and oxygen atoms in total. The Labute approximate surface area is 138 Å². The number of benzene rings is 1. The molecule has 3 aromatic rings. The van der Waals surface area contributed by atoms with Gasteiger partial charge in [0, 0.05) is 20.2 Å². The van der Waals surface area contributed by atoms with Crippen molar-refractivity contribution in [1.82, 2.24) is 18.7 Å². The number of nitrogens with zero attached hydrogens (tertiary/aromatic N) is 4. The predicted octanol–water partition coefficient (Wildman–Crippen LogP) is 0.351. The summed E-state index contributed by atoms with van der Waals surface area (Å²) in [6, 6.07) is 2.57. The van der Waals surface area contributed by atoms with E-state index >= 15 is 0 Å². The molecule has 1 aromatic carbocycles. The Kier molecular flexibility index (Phi) is 3.95. The van der Waals surface area contributed by atoms with Crippen molar-refractivity contribution in [2.75, 3.05) is 5.32 Å². The van der Waals surface area contributed by atoms with E-state index in [1.54, 1.807) is 7.05 Å². The maximum absolute atomic E-state index is 13.6. The molecule has 0 spiro atoms. The predicted molar refractivity (Wildman–Crippen MR) is 85.2 cm³/mol. The first-order valence-corrected chi connectivity index (χ1v) is 7.15. The van der Waals surface area contributed by atoms with Crippen LogP contribution in [0, 0.1) is 11.6 Å². The summed E-state index contributed by atoms with van der Waals surface area (Å²) < 4.78 is 30.0. The topological polar surface area (TPSA) is 90.9 Å². The lowest BCUT2D eigenvalue weighted by Gasteiger charge is -2.10. The number of amides is 1. The van der Waals surface area contributed by atoms with Gasteiger partial charge in [-0.2, -0.15) is 0 Å². The van der Waals surface area contributed by atoms with Crippen LogP contribution in [0.25, 0.3) is 11.2 Å². The maximum atomic E-state index is 13.6. The van der Waals surface area contributed by atoms with E-state index in [0.717, 1.165) is 22.8 Å². The Morgan fingerprint density at radius 2 is 1.96 bits per heavy atom. The molecule has 3 rings (SSSR count). The van der Waals surface area contributed by atoms with Crippen LogP contribution in [0.5, 0.6) is 0 Å². The number of aryl methyl sites for hydroxylation is 2. The number of hydrogen-bond donors (Lipinski definition) is 1. The molecule has 2 heterocycles. The van der Waals surface area contributed by atoms with E-state index in [1.165, 1.54) is 17.9 Å². The second-order valence-electron chi connectivity index (χ2n) is 5.43. The van der Waals surface area contributed by atoms with Gasteiger partial charge in [-0.3, -0.25) is 14.2 Å². The van der Waals surface area contributed by atoms with Gasteiger partial charge in [-0.1, -0.05) is 0 Å². The molecule has 0 aliphatic carbocycles. The van der Waals surface area contributed by atoms with E-state index in [4.69, 9.17) is 0 Å². The van der Waals surface area contributed by atoms with Gasteiger partial charge in [0.2, 0.25) is 5.91 Å². The number of hydrogen-bond acceptors (Lipinski definition) is 4. The van der Waals surface area contributed by atoms with E-state index in [2.05, 4.69) is 10.3 Å². The van der Waals surface area contributed by atoms with Crippen LogP contribution in [0.1, 0.15) is 0 Å². The molecule has 0 radical (unpaired) electrons. The number of imidazole rings is 1. The number of carbonyl (C=O) groups excluding carboxylic acids is 1. The highest BCUT2D eigenvalue weighted by atomic mass is 19.1. The number of nitrogens with one attached hydrogen (secondary N) is 1. The smallest absolute Gasteiger partial charge is 0.328 e. The quantitative estimate of drug-likeness (QED) is 0.739. The van der Waals surface area contributed by atoms with Crippen molar-refractivity contribution < 1.29 is 13.6 Å². The van der Waals surface area contributed by atoms with Gasteiger partial charge in [-0.25, -0.2) is 23.1 Å². The molecule has 10 heteroatoms. The number of fused-ring (bicyclic) bond motifs is 1. The number of aromatic nitrogens is 4. The van der Waals surface area contributed by atoms with Crippen LogP contribution in [0.4, 0.5) is 14.5 Å². The number of carbonyl (C=O) groups is 1. The van der Waals surface area contributed by atoms with Gasteiger partial charge in [0.15, 0.2) is 11.2 Å². The van der Waals surface area contributed by atoms with Crippen LogP contribution in [-0.4, -0.2) is 24.6 Å². The van der Waals surface area contributed by atoms with Crippen LogP contribution in [0.15, 0.2) is 34.1 Å². The Morgan fingerprint density at radius 3 is 2.68 bits per heavy atom. The minimum Gasteiger partial charge on any atom is -0.328 e. The molecule has 0 unspecified atom stereocenters. The lowest BCUT2D eigenvalue weighted by Crippen LogP contribution is -2.42. The normalized spacial score (nSPS) is 11.0. The maximum Gasteiger partial charge on any atom is 0.332 e. The summed E-state index contributed by atoms with van der Waals surface area (Å²) in [6.07, 6.45) is 1.37. The molecule has 0 bridgehead atoms. The van der Waals surface area contributed by atoms with E-state index in [0.29, 0.717) is 4.57 Å². The first kappa shape index (κ1) is 16.6. The highest BCUT2D eigenvalue weighted by Gasteiger charge is 2.17. The zero-order valence-electron chi connectivity index (χ0n) is 13.3.